The molecule has 3 nitrogen and oxygen atoms in total. The van der Waals surface area contributed by atoms with E-state index in [1.807, 2.05) is 0 Å². The van der Waals surface area contributed by atoms with Gasteiger partial charge in [-0.2, -0.15) is 0 Å². The Bertz CT molecular complexity index is 453. The second kappa shape index (κ2) is 6.93. The third-order valence-corrected chi connectivity index (χ3v) is 6.00. The number of nitrogens with zero attached hydrogens (tertiary/aromatic N) is 2. The monoisotopic (exact) mass is 306 g/mol. The summed E-state index contributed by atoms with van der Waals surface area (Å²) in [6.45, 7) is 1.52. The Labute approximate surface area is 131 Å². The average molecular weight is 306 g/mol. The van der Waals surface area contributed by atoms with E-state index in [4.69, 9.17) is 0 Å². The predicted octanol–water partition coefficient (Wildman–Crippen LogP) is 3.68. The van der Waals surface area contributed by atoms with Crippen LogP contribution >= 0.6 is 11.3 Å². The lowest BCUT2D eigenvalue weighted by Crippen LogP contribution is -2.43. The van der Waals surface area contributed by atoms with Gasteiger partial charge in [-0.15, -0.1) is 11.3 Å². The van der Waals surface area contributed by atoms with Crippen molar-refractivity contribution in [2.75, 3.05) is 20.1 Å². The highest BCUT2D eigenvalue weighted by atomic mass is 32.1. The zero-order valence-electron chi connectivity index (χ0n) is 13.0. The molecule has 1 saturated carbocycles. The first-order chi connectivity index (χ1) is 10.3. The minimum atomic E-state index is 0.318. The van der Waals surface area contributed by atoms with E-state index in [0.717, 1.165) is 19.4 Å². The van der Waals surface area contributed by atoms with Crippen LogP contribution in [0.2, 0.25) is 0 Å². The first-order valence-electron chi connectivity index (χ1n) is 8.29. The molecule has 2 heterocycles. The summed E-state index contributed by atoms with van der Waals surface area (Å²) < 4.78 is 0. The second-order valence-corrected chi connectivity index (χ2v) is 7.45. The lowest BCUT2D eigenvalue weighted by molar-refractivity contribution is -0.133. The highest BCUT2D eigenvalue weighted by molar-refractivity contribution is 7.10. The molecule has 1 amide bonds. The molecule has 1 aromatic rings. The molecule has 3 rings (SSSR count). The van der Waals surface area contributed by atoms with Crippen LogP contribution in [0.1, 0.15) is 55.9 Å². The van der Waals surface area contributed by atoms with Crippen molar-refractivity contribution in [1.82, 2.24) is 9.80 Å². The lowest BCUT2D eigenvalue weighted by atomic mass is 9.94. The number of carbonyl (C=O) groups is 1. The van der Waals surface area contributed by atoms with Gasteiger partial charge < -0.3 is 4.90 Å². The smallest absolute Gasteiger partial charge is 0.237 e. The first-order valence-corrected chi connectivity index (χ1v) is 9.17. The molecule has 0 N–H and O–H groups in total. The highest BCUT2D eigenvalue weighted by Gasteiger charge is 2.31. The largest absolute Gasteiger partial charge is 0.334 e. The van der Waals surface area contributed by atoms with Crippen LogP contribution in [0.5, 0.6) is 0 Å². The number of thiophene rings is 1. The quantitative estimate of drug-likeness (QED) is 0.847. The Balaban J connectivity index is 1.59. The van der Waals surface area contributed by atoms with E-state index < -0.39 is 0 Å². The molecule has 1 saturated heterocycles. The number of hydrogen-bond donors (Lipinski definition) is 0. The van der Waals surface area contributed by atoms with Gasteiger partial charge in [0.15, 0.2) is 0 Å². The Morgan fingerprint density at radius 1 is 1.29 bits per heavy atom. The number of rotatable bonds is 4. The molecule has 2 aliphatic rings. The number of amides is 1. The van der Waals surface area contributed by atoms with Gasteiger partial charge in [-0.25, -0.2) is 0 Å². The van der Waals surface area contributed by atoms with Crippen molar-refractivity contribution in [2.45, 2.75) is 57.0 Å². The zero-order chi connectivity index (χ0) is 14.7. The maximum atomic E-state index is 12.7. The van der Waals surface area contributed by atoms with E-state index in [2.05, 4.69) is 34.4 Å². The summed E-state index contributed by atoms with van der Waals surface area (Å²) in [4.78, 5) is 18.5. The number of hydrogen-bond acceptors (Lipinski definition) is 3. The number of carbonyl (C=O) groups excluding carboxylic acids is 1. The highest BCUT2D eigenvalue weighted by Crippen LogP contribution is 2.34. The third-order valence-electron chi connectivity index (χ3n) is 5.03. The van der Waals surface area contributed by atoms with Crippen molar-refractivity contribution in [1.29, 1.82) is 0 Å². The lowest BCUT2D eigenvalue weighted by Gasteiger charge is -2.33. The summed E-state index contributed by atoms with van der Waals surface area (Å²) in [7, 11) is 2.13. The average Bonchev–Trinajstić information content (AvgIpc) is 3.18. The van der Waals surface area contributed by atoms with Gasteiger partial charge in [-0.05, 0) is 44.2 Å². The van der Waals surface area contributed by atoms with Crippen LogP contribution < -0.4 is 0 Å². The molecular formula is C17H26N2OS. The summed E-state index contributed by atoms with van der Waals surface area (Å²) in [6.07, 6.45) is 8.80. The van der Waals surface area contributed by atoms with Crippen LogP contribution in [0, 0.1) is 0 Å². The van der Waals surface area contributed by atoms with Crippen molar-refractivity contribution < 1.29 is 4.79 Å². The standard InChI is InChI=1S/C17H26N2OS/c1-18(14-7-3-2-4-8-14)13-17(20)19-11-5-9-15(19)16-10-6-12-21-16/h6,10,12,14-15H,2-5,7-9,11,13H2,1H3. The molecule has 1 aromatic heterocycles. The maximum Gasteiger partial charge on any atom is 0.237 e. The second-order valence-electron chi connectivity index (χ2n) is 6.47. The number of likely N-dealkylation sites (tertiary alicyclic amines) is 1. The van der Waals surface area contributed by atoms with Crippen LogP contribution in [-0.2, 0) is 4.79 Å². The maximum absolute atomic E-state index is 12.7. The topological polar surface area (TPSA) is 23.6 Å². The Morgan fingerprint density at radius 3 is 2.81 bits per heavy atom. The van der Waals surface area contributed by atoms with E-state index in [1.165, 1.54) is 37.0 Å². The number of likely N-dealkylation sites (N-methyl/N-ethyl adjacent to an activating group) is 1. The van der Waals surface area contributed by atoms with Gasteiger partial charge in [-0.3, -0.25) is 9.69 Å². The summed E-state index contributed by atoms with van der Waals surface area (Å²) in [5.74, 6) is 0.318. The Hall–Kier alpha value is -0.870. The Morgan fingerprint density at radius 2 is 2.10 bits per heavy atom. The molecule has 1 aliphatic heterocycles. The van der Waals surface area contributed by atoms with Crippen molar-refractivity contribution in [3.8, 4) is 0 Å². The minimum Gasteiger partial charge on any atom is -0.334 e. The van der Waals surface area contributed by atoms with E-state index in [9.17, 15) is 4.79 Å². The third kappa shape index (κ3) is 3.49. The summed E-state index contributed by atoms with van der Waals surface area (Å²) >= 11 is 1.78. The van der Waals surface area contributed by atoms with Crippen molar-refractivity contribution in [2.24, 2.45) is 0 Å². The van der Waals surface area contributed by atoms with Gasteiger partial charge in [0.05, 0.1) is 12.6 Å². The molecule has 0 radical (unpaired) electrons. The van der Waals surface area contributed by atoms with Gasteiger partial charge in [-0.1, -0.05) is 25.3 Å². The molecule has 1 unspecified atom stereocenters. The minimum absolute atomic E-state index is 0.318. The van der Waals surface area contributed by atoms with Gasteiger partial charge >= 0.3 is 0 Å². The molecule has 2 fully saturated rings. The molecular weight excluding hydrogens is 280 g/mol. The molecule has 0 aromatic carbocycles. The summed E-state index contributed by atoms with van der Waals surface area (Å²) in [5.41, 5.74) is 0. The normalized spacial score (nSPS) is 23.9. The molecule has 0 bridgehead atoms. The molecule has 0 spiro atoms. The van der Waals surface area contributed by atoms with Crippen LogP contribution in [0.3, 0.4) is 0 Å². The predicted molar refractivity (Wildman–Crippen MR) is 87.5 cm³/mol. The molecule has 1 aliphatic carbocycles. The molecule has 1 atom stereocenters. The fourth-order valence-corrected chi connectivity index (χ4v) is 4.67. The van der Waals surface area contributed by atoms with Gasteiger partial charge in [0, 0.05) is 17.5 Å². The fraction of sp³-hybridized carbons (Fsp3) is 0.706. The van der Waals surface area contributed by atoms with Crippen LogP contribution in [0.15, 0.2) is 17.5 Å². The summed E-state index contributed by atoms with van der Waals surface area (Å²) in [5, 5.41) is 2.12. The molecule has 4 heteroatoms. The SMILES string of the molecule is CN(CC(=O)N1CCCC1c1cccs1)C1CCCCC1. The molecule has 116 valence electrons. The van der Waals surface area contributed by atoms with Crippen molar-refractivity contribution in [3.63, 3.8) is 0 Å². The van der Waals surface area contributed by atoms with E-state index >= 15 is 0 Å². The van der Waals surface area contributed by atoms with E-state index in [0.29, 0.717) is 24.5 Å². The Kier molecular flexibility index (Phi) is 4.96. The van der Waals surface area contributed by atoms with E-state index in [-0.39, 0.29) is 0 Å². The van der Waals surface area contributed by atoms with Crippen molar-refractivity contribution >= 4 is 17.2 Å². The summed E-state index contributed by atoms with van der Waals surface area (Å²) in [6, 6.07) is 5.21. The van der Waals surface area contributed by atoms with Crippen molar-refractivity contribution in [3.05, 3.63) is 22.4 Å². The van der Waals surface area contributed by atoms with Gasteiger partial charge in [0.25, 0.3) is 0 Å². The van der Waals surface area contributed by atoms with Crippen LogP contribution in [-0.4, -0.2) is 41.9 Å². The van der Waals surface area contributed by atoms with Gasteiger partial charge in [0.1, 0.15) is 0 Å². The first kappa shape index (κ1) is 15.0. The van der Waals surface area contributed by atoms with E-state index in [1.54, 1.807) is 11.3 Å². The van der Waals surface area contributed by atoms with Crippen LogP contribution in [0.4, 0.5) is 0 Å². The fourth-order valence-electron chi connectivity index (χ4n) is 3.80. The molecule has 21 heavy (non-hydrogen) atoms. The van der Waals surface area contributed by atoms with Crippen LogP contribution in [0.25, 0.3) is 0 Å². The zero-order valence-corrected chi connectivity index (χ0v) is 13.8. The van der Waals surface area contributed by atoms with Gasteiger partial charge in [0.2, 0.25) is 5.91 Å².